The summed E-state index contributed by atoms with van der Waals surface area (Å²) in [5.74, 6) is -3.13. The largest absolute Gasteiger partial charge is 0.462 e. The van der Waals surface area contributed by atoms with Crippen molar-refractivity contribution < 1.29 is 50.2 Å². The molecular formula is C22H24F4N3O8PS. The summed E-state index contributed by atoms with van der Waals surface area (Å²) in [7, 11) is -4.54. The van der Waals surface area contributed by atoms with Crippen LogP contribution < -0.4 is 15.2 Å². The number of hydrogen-bond acceptors (Lipinski definition) is 9. The first-order valence-corrected chi connectivity index (χ1v) is 13.5. The zero-order valence-corrected chi connectivity index (χ0v) is 22.3. The van der Waals surface area contributed by atoms with Gasteiger partial charge in [0.25, 0.3) is 11.2 Å². The molecule has 2 saturated heterocycles. The molecule has 0 spiro atoms. The van der Waals surface area contributed by atoms with Crippen LogP contribution in [0.25, 0.3) is 0 Å². The fraction of sp³-hybridized carbons (Fsp3) is 0.500. The number of halogens is 4. The third kappa shape index (κ3) is 5.81. The lowest BCUT2D eigenvalue weighted by Gasteiger charge is -2.31. The van der Waals surface area contributed by atoms with E-state index in [1.807, 2.05) is 0 Å². The summed E-state index contributed by atoms with van der Waals surface area (Å²) in [5.41, 5.74) is -4.85. The maximum atomic E-state index is 15.8. The molecule has 39 heavy (non-hydrogen) atoms. The Balaban J connectivity index is 1.61. The van der Waals surface area contributed by atoms with Gasteiger partial charge in [-0.15, -0.1) is 0 Å². The highest BCUT2D eigenvalue weighted by Gasteiger charge is 2.87. The van der Waals surface area contributed by atoms with E-state index in [2.05, 4.69) is 10.1 Å². The molecule has 11 nitrogen and oxygen atoms in total. The van der Waals surface area contributed by atoms with Crippen LogP contribution >= 0.6 is 20.0 Å². The molecule has 17 heteroatoms. The molecule has 214 valence electrons. The molecule has 6 atom stereocenters. The van der Waals surface area contributed by atoms with Crippen LogP contribution in [0, 0.1) is 4.77 Å². The third-order valence-electron chi connectivity index (χ3n) is 5.71. The van der Waals surface area contributed by atoms with Gasteiger partial charge in [-0.05, 0) is 45.1 Å². The highest BCUT2D eigenvalue weighted by molar-refractivity contribution is 7.71. The van der Waals surface area contributed by atoms with Crippen molar-refractivity contribution in [2.24, 2.45) is 0 Å². The van der Waals surface area contributed by atoms with Crippen molar-refractivity contribution in [2.75, 3.05) is 6.61 Å². The van der Waals surface area contributed by atoms with Crippen molar-refractivity contribution in [1.29, 1.82) is 0 Å². The van der Waals surface area contributed by atoms with E-state index in [9.17, 15) is 27.3 Å². The number of carbonyl (C=O) groups is 1. The van der Waals surface area contributed by atoms with Gasteiger partial charge in [-0.3, -0.25) is 23.7 Å². The van der Waals surface area contributed by atoms with Crippen LogP contribution in [0.4, 0.5) is 17.6 Å². The molecule has 1 aromatic heterocycles. The van der Waals surface area contributed by atoms with Gasteiger partial charge in [0.2, 0.25) is 5.79 Å². The van der Waals surface area contributed by atoms with E-state index in [0.29, 0.717) is 4.57 Å². The molecule has 2 N–H and O–H groups in total. The number of fused-ring (bicyclic) bond motifs is 1. The number of hydrogen-bond donors (Lipinski definition) is 2. The lowest BCUT2D eigenvalue weighted by molar-refractivity contribution is -0.289. The van der Waals surface area contributed by atoms with Crippen LogP contribution in [0.1, 0.15) is 27.0 Å². The second-order valence-electron chi connectivity index (χ2n) is 9.07. The Morgan fingerprint density at radius 2 is 1.90 bits per heavy atom. The van der Waals surface area contributed by atoms with E-state index >= 15 is 4.39 Å². The average Bonchev–Trinajstić information content (AvgIpc) is 3.49. The van der Waals surface area contributed by atoms with Crippen LogP contribution in [0.5, 0.6) is 5.75 Å². The molecule has 2 aliphatic rings. The van der Waals surface area contributed by atoms with Gasteiger partial charge in [-0.25, -0.2) is 8.96 Å². The highest BCUT2D eigenvalue weighted by Crippen LogP contribution is 2.65. The highest BCUT2D eigenvalue weighted by atomic mass is 32.1. The molecule has 1 aromatic carbocycles. The monoisotopic (exact) mass is 597 g/mol. The minimum absolute atomic E-state index is 0.0309. The average molecular weight is 597 g/mol. The number of esters is 1. The summed E-state index contributed by atoms with van der Waals surface area (Å²) in [6, 6.07) is 7.17. The lowest BCUT2D eigenvalue weighted by Crippen LogP contribution is -2.50. The van der Waals surface area contributed by atoms with Crippen molar-refractivity contribution in [2.45, 2.75) is 62.9 Å². The summed E-state index contributed by atoms with van der Waals surface area (Å²) in [4.78, 5) is 25.9. The summed E-state index contributed by atoms with van der Waals surface area (Å²) in [5, 5.41) is 2.36. The van der Waals surface area contributed by atoms with Gasteiger partial charge >= 0.3 is 19.9 Å². The number of ether oxygens (including phenoxy) is 3. The topological polar surface area (TPSA) is 133 Å². The van der Waals surface area contributed by atoms with Gasteiger partial charge in [-0.1, -0.05) is 18.2 Å². The van der Waals surface area contributed by atoms with Crippen LogP contribution in [-0.4, -0.2) is 58.0 Å². The zero-order chi connectivity index (χ0) is 28.8. The number of nitrogens with one attached hydrogen (secondary N) is 2. The molecule has 0 saturated carbocycles. The smallest absolute Gasteiger partial charge is 0.459 e. The Labute approximate surface area is 223 Å². The molecule has 2 aromatic rings. The van der Waals surface area contributed by atoms with Crippen LogP contribution in [0.2, 0.25) is 0 Å². The lowest BCUT2D eigenvalue weighted by atomic mass is 9.98. The molecule has 0 aliphatic carbocycles. The standard InChI is InChI=1S/C22H24F4N3O8PS/c1-12(2)34-16(31)13(3)28-38(32,37-14-7-5-4-6-8-14)33-11-20-17(35-20)21(23,22(24,25)26)18(36-20)29-10-9-15(30)27-19(29)39/h4-10,12-13,17-18H,11H2,1-3H3,(H,28,32)(H,27,30,39)/t13-,17-,18+,20?,21?,38?/m0/s1. The molecule has 3 heterocycles. The Bertz CT molecular complexity index is 1390. The SMILES string of the molecule is CC(C)OC(=O)[C@H](C)NP(=O)(OCC12O[C@@H](n3ccc(=O)[nH]c3=S)C(F)(C(F)(F)F)[C@H]1O2)Oc1ccccc1. The number of benzene rings is 1. The normalized spacial score (nSPS) is 28.4. The number of rotatable bonds is 10. The summed E-state index contributed by atoms with van der Waals surface area (Å²) in [6.07, 6.45) is -9.81. The number of para-hydroxylation sites is 1. The van der Waals surface area contributed by atoms with E-state index in [1.54, 1.807) is 32.0 Å². The Hall–Kier alpha value is -2.62. The summed E-state index contributed by atoms with van der Waals surface area (Å²) >= 11 is 4.89. The zero-order valence-electron chi connectivity index (χ0n) is 20.6. The van der Waals surface area contributed by atoms with Crippen LogP contribution in [0.15, 0.2) is 47.4 Å². The fourth-order valence-electron chi connectivity index (χ4n) is 3.88. The Morgan fingerprint density at radius 1 is 1.23 bits per heavy atom. The van der Waals surface area contributed by atoms with Crippen LogP contribution in [0.3, 0.4) is 0 Å². The van der Waals surface area contributed by atoms with E-state index in [-0.39, 0.29) is 5.75 Å². The molecule has 0 amide bonds. The molecule has 0 bridgehead atoms. The van der Waals surface area contributed by atoms with Crippen molar-refractivity contribution in [3.63, 3.8) is 0 Å². The van der Waals surface area contributed by atoms with Gasteiger partial charge in [-0.2, -0.15) is 18.3 Å². The second kappa shape index (κ2) is 10.4. The van der Waals surface area contributed by atoms with Gasteiger partial charge in [0.05, 0.1) is 6.10 Å². The molecule has 0 radical (unpaired) electrons. The number of aromatic nitrogens is 2. The van der Waals surface area contributed by atoms with Crippen LogP contribution in [-0.2, 0) is 28.1 Å². The quantitative estimate of drug-likeness (QED) is 0.136. The Kier molecular flexibility index (Phi) is 7.84. The number of alkyl halides is 4. The maximum Gasteiger partial charge on any atom is 0.459 e. The second-order valence-corrected chi connectivity index (χ2v) is 11.2. The van der Waals surface area contributed by atoms with E-state index < -0.39 is 72.8 Å². The molecule has 3 unspecified atom stereocenters. The predicted octanol–water partition coefficient (Wildman–Crippen LogP) is 3.93. The first-order valence-electron chi connectivity index (χ1n) is 11.5. The van der Waals surface area contributed by atoms with Crippen molar-refractivity contribution >= 4 is 25.9 Å². The van der Waals surface area contributed by atoms with Gasteiger partial charge in [0.1, 0.15) is 18.4 Å². The minimum Gasteiger partial charge on any atom is -0.462 e. The minimum atomic E-state index is -5.51. The van der Waals surface area contributed by atoms with Gasteiger partial charge in [0, 0.05) is 12.3 Å². The molecular weight excluding hydrogens is 573 g/mol. The van der Waals surface area contributed by atoms with Gasteiger partial charge in [0.15, 0.2) is 17.1 Å². The number of carbonyl (C=O) groups excluding carboxylic acids is 1. The first kappa shape index (κ1) is 29.4. The molecule has 2 aliphatic heterocycles. The number of nitrogens with zero attached hydrogens (tertiary/aromatic N) is 1. The van der Waals surface area contributed by atoms with Crippen molar-refractivity contribution in [3.05, 3.63) is 57.7 Å². The van der Waals surface area contributed by atoms with E-state index in [1.165, 1.54) is 19.1 Å². The number of H-pyrrole nitrogens is 1. The summed E-state index contributed by atoms with van der Waals surface area (Å²) < 4.78 is 97.8. The van der Waals surface area contributed by atoms with Crippen molar-refractivity contribution in [1.82, 2.24) is 14.6 Å². The van der Waals surface area contributed by atoms with E-state index in [0.717, 1.165) is 12.3 Å². The van der Waals surface area contributed by atoms with E-state index in [4.69, 9.17) is 35.5 Å². The van der Waals surface area contributed by atoms with Crippen molar-refractivity contribution in [3.8, 4) is 5.75 Å². The molecule has 4 rings (SSSR count). The predicted molar refractivity (Wildman–Crippen MR) is 128 cm³/mol. The first-order chi connectivity index (χ1) is 18.1. The Morgan fingerprint density at radius 3 is 2.49 bits per heavy atom. The fourth-order valence-corrected chi connectivity index (χ4v) is 5.64. The maximum absolute atomic E-state index is 15.8. The summed E-state index contributed by atoms with van der Waals surface area (Å²) in [6.45, 7) is 3.49. The number of aromatic amines is 1. The van der Waals surface area contributed by atoms with Gasteiger partial charge < -0.3 is 18.7 Å². The molecule has 2 fully saturated rings. The third-order valence-corrected chi connectivity index (χ3v) is 7.65. The number of epoxide rings is 1.